The summed E-state index contributed by atoms with van der Waals surface area (Å²) in [5.41, 5.74) is 1.84. The summed E-state index contributed by atoms with van der Waals surface area (Å²) < 4.78 is 26.8. The van der Waals surface area contributed by atoms with Gasteiger partial charge in [0.25, 0.3) is 0 Å². The van der Waals surface area contributed by atoms with E-state index in [1.807, 2.05) is 24.3 Å². The molecule has 4 heteroatoms. The van der Waals surface area contributed by atoms with Crippen molar-refractivity contribution in [3.8, 4) is 0 Å². The predicted octanol–water partition coefficient (Wildman–Crippen LogP) is 3.72. The van der Waals surface area contributed by atoms with E-state index >= 15 is 0 Å². The van der Waals surface area contributed by atoms with Gasteiger partial charge in [-0.15, -0.1) is 0 Å². The van der Waals surface area contributed by atoms with Crippen molar-refractivity contribution in [3.63, 3.8) is 0 Å². The minimum atomic E-state index is -0.195. The first kappa shape index (κ1) is 15.9. The molecule has 23 heavy (non-hydrogen) atoms. The zero-order chi connectivity index (χ0) is 16.2. The van der Waals surface area contributed by atoms with Crippen molar-refractivity contribution in [2.75, 3.05) is 31.1 Å². The van der Waals surface area contributed by atoms with Gasteiger partial charge in [0.05, 0.1) is 5.69 Å². The van der Waals surface area contributed by atoms with Crippen LogP contribution in [0.25, 0.3) is 0 Å². The molecule has 2 aromatic carbocycles. The highest BCUT2D eigenvalue weighted by Gasteiger charge is 2.22. The van der Waals surface area contributed by atoms with Crippen LogP contribution in [0.4, 0.5) is 14.5 Å². The highest BCUT2D eigenvalue weighted by molar-refractivity contribution is 5.48. The van der Waals surface area contributed by atoms with Crippen molar-refractivity contribution < 1.29 is 8.78 Å². The summed E-state index contributed by atoms with van der Waals surface area (Å²) in [6.07, 6.45) is 0.903. The molecule has 0 aromatic heterocycles. The third-order valence-electron chi connectivity index (χ3n) is 4.58. The van der Waals surface area contributed by atoms with Crippen LogP contribution in [0.3, 0.4) is 0 Å². The quantitative estimate of drug-likeness (QED) is 0.848. The summed E-state index contributed by atoms with van der Waals surface area (Å²) >= 11 is 0. The number of rotatable bonds is 4. The van der Waals surface area contributed by atoms with E-state index in [0.717, 1.165) is 38.2 Å². The van der Waals surface area contributed by atoms with Gasteiger partial charge in [0.2, 0.25) is 0 Å². The maximum Gasteiger partial charge on any atom is 0.146 e. The molecule has 2 nitrogen and oxygen atoms in total. The lowest BCUT2D eigenvalue weighted by Crippen LogP contribution is -2.50. The fraction of sp³-hybridized carbons (Fsp3) is 0.368. The van der Waals surface area contributed by atoms with E-state index in [9.17, 15) is 8.78 Å². The van der Waals surface area contributed by atoms with E-state index in [1.54, 1.807) is 6.07 Å². The number of anilines is 1. The van der Waals surface area contributed by atoms with Gasteiger partial charge >= 0.3 is 0 Å². The Kier molecular flexibility index (Phi) is 4.91. The summed E-state index contributed by atoms with van der Waals surface area (Å²) in [7, 11) is 0. The van der Waals surface area contributed by atoms with Gasteiger partial charge in [-0.2, -0.15) is 0 Å². The Morgan fingerprint density at radius 2 is 1.57 bits per heavy atom. The molecule has 2 aromatic rings. The molecule has 3 rings (SSSR count). The fourth-order valence-corrected chi connectivity index (χ4v) is 3.20. The van der Waals surface area contributed by atoms with E-state index in [-0.39, 0.29) is 11.6 Å². The molecule has 1 heterocycles. The average molecular weight is 316 g/mol. The molecule has 1 fully saturated rings. The van der Waals surface area contributed by atoms with Crippen molar-refractivity contribution >= 4 is 5.69 Å². The molecule has 0 amide bonds. The third kappa shape index (κ3) is 3.88. The van der Waals surface area contributed by atoms with Crippen LogP contribution in [0.5, 0.6) is 0 Å². The summed E-state index contributed by atoms with van der Waals surface area (Å²) in [5, 5.41) is 0. The van der Waals surface area contributed by atoms with Crippen molar-refractivity contribution in [1.82, 2.24) is 4.90 Å². The molecule has 0 radical (unpaired) electrons. The minimum Gasteiger partial charge on any atom is -0.367 e. The fourth-order valence-electron chi connectivity index (χ4n) is 3.20. The molecular formula is C19H22F2N2. The van der Waals surface area contributed by atoms with E-state index in [1.165, 1.54) is 18.2 Å². The number of hydrogen-bond acceptors (Lipinski definition) is 2. The Balaban J connectivity index is 1.56. The molecule has 0 spiro atoms. The second-order valence-corrected chi connectivity index (χ2v) is 6.15. The summed E-state index contributed by atoms with van der Waals surface area (Å²) in [5.74, 6) is -0.347. The zero-order valence-corrected chi connectivity index (χ0v) is 13.4. The van der Waals surface area contributed by atoms with Crippen LogP contribution in [0.2, 0.25) is 0 Å². The minimum absolute atomic E-state index is 0.152. The van der Waals surface area contributed by atoms with E-state index in [0.29, 0.717) is 11.7 Å². The van der Waals surface area contributed by atoms with E-state index < -0.39 is 0 Å². The highest BCUT2D eigenvalue weighted by Crippen LogP contribution is 2.21. The molecule has 1 aliphatic rings. The first-order valence-electron chi connectivity index (χ1n) is 8.11. The van der Waals surface area contributed by atoms with Gasteiger partial charge in [-0.25, -0.2) is 8.78 Å². The zero-order valence-electron chi connectivity index (χ0n) is 13.4. The second-order valence-electron chi connectivity index (χ2n) is 6.15. The lowest BCUT2D eigenvalue weighted by molar-refractivity contribution is 0.195. The van der Waals surface area contributed by atoms with Crippen molar-refractivity contribution in [3.05, 3.63) is 65.7 Å². The number of halogens is 2. The van der Waals surface area contributed by atoms with Gasteiger partial charge in [0.15, 0.2) is 0 Å². The molecule has 0 unspecified atom stereocenters. The molecule has 1 aliphatic heterocycles. The Labute approximate surface area is 136 Å². The first-order valence-corrected chi connectivity index (χ1v) is 8.11. The van der Waals surface area contributed by atoms with Gasteiger partial charge in [0, 0.05) is 32.2 Å². The Morgan fingerprint density at radius 1 is 0.913 bits per heavy atom. The molecule has 122 valence electrons. The van der Waals surface area contributed by atoms with Crippen LogP contribution in [0.1, 0.15) is 12.5 Å². The third-order valence-corrected chi connectivity index (χ3v) is 4.58. The Bertz CT molecular complexity index is 634. The Morgan fingerprint density at radius 3 is 2.22 bits per heavy atom. The first-order chi connectivity index (χ1) is 11.1. The lowest BCUT2D eigenvalue weighted by Gasteiger charge is -2.39. The van der Waals surface area contributed by atoms with Crippen LogP contribution in [0, 0.1) is 11.6 Å². The van der Waals surface area contributed by atoms with Crippen LogP contribution >= 0.6 is 0 Å². The number of para-hydroxylation sites is 1. The molecule has 0 saturated carbocycles. The van der Waals surface area contributed by atoms with Crippen molar-refractivity contribution in [2.45, 2.75) is 19.4 Å². The molecule has 1 saturated heterocycles. The normalized spacial score (nSPS) is 17.3. The Hall–Kier alpha value is -1.94. The number of benzene rings is 2. The average Bonchev–Trinajstić information content (AvgIpc) is 2.57. The predicted molar refractivity (Wildman–Crippen MR) is 89.8 cm³/mol. The largest absolute Gasteiger partial charge is 0.367 e. The summed E-state index contributed by atoms with van der Waals surface area (Å²) in [6.45, 7) is 5.68. The lowest BCUT2D eigenvalue weighted by atomic mass is 10.1. The summed E-state index contributed by atoms with van der Waals surface area (Å²) in [6, 6.07) is 14.1. The van der Waals surface area contributed by atoms with Gasteiger partial charge in [-0.05, 0) is 43.2 Å². The van der Waals surface area contributed by atoms with Crippen LogP contribution in [-0.4, -0.2) is 37.1 Å². The molecular weight excluding hydrogens is 294 g/mol. The topological polar surface area (TPSA) is 6.48 Å². The monoisotopic (exact) mass is 316 g/mol. The van der Waals surface area contributed by atoms with Gasteiger partial charge in [0.1, 0.15) is 11.6 Å². The highest BCUT2D eigenvalue weighted by atomic mass is 19.1. The maximum absolute atomic E-state index is 13.9. The SMILES string of the molecule is C[C@H](Cc1ccc(F)cc1)N1CCN(c2ccccc2F)CC1. The number of piperazine rings is 1. The van der Waals surface area contributed by atoms with Crippen molar-refractivity contribution in [2.24, 2.45) is 0 Å². The molecule has 0 bridgehead atoms. The standard InChI is InChI=1S/C19H22F2N2/c1-15(14-16-6-8-17(20)9-7-16)22-10-12-23(13-11-22)19-5-3-2-4-18(19)21/h2-9,15H,10-14H2,1H3/t15-/m1/s1. The summed E-state index contributed by atoms with van der Waals surface area (Å²) in [4.78, 5) is 4.52. The molecule has 1 atom stereocenters. The maximum atomic E-state index is 13.9. The van der Waals surface area contributed by atoms with Crippen LogP contribution < -0.4 is 4.90 Å². The van der Waals surface area contributed by atoms with Crippen LogP contribution in [-0.2, 0) is 6.42 Å². The van der Waals surface area contributed by atoms with Crippen LogP contribution in [0.15, 0.2) is 48.5 Å². The molecule has 0 N–H and O–H groups in total. The number of nitrogens with zero attached hydrogens (tertiary/aromatic N) is 2. The van der Waals surface area contributed by atoms with Gasteiger partial charge < -0.3 is 4.90 Å². The second kappa shape index (κ2) is 7.09. The van der Waals surface area contributed by atoms with Gasteiger partial charge in [-0.3, -0.25) is 4.90 Å². The van der Waals surface area contributed by atoms with E-state index in [2.05, 4.69) is 16.7 Å². The van der Waals surface area contributed by atoms with Gasteiger partial charge in [-0.1, -0.05) is 24.3 Å². The van der Waals surface area contributed by atoms with Crippen molar-refractivity contribution in [1.29, 1.82) is 0 Å². The van der Waals surface area contributed by atoms with E-state index in [4.69, 9.17) is 0 Å². The smallest absolute Gasteiger partial charge is 0.146 e. The molecule has 0 aliphatic carbocycles. The number of hydrogen-bond donors (Lipinski definition) is 0.